The summed E-state index contributed by atoms with van der Waals surface area (Å²) in [5.74, 6) is -0.490. The number of allylic oxidation sites excluding steroid dienone is 2. The molecule has 6 N–H and O–H groups in total. The number of aliphatic hydroxyl groups excluding tert-OH is 2. The first-order valence-corrected chi connectivity index (χ1v) is 8.62. The number of oxime groups is 1. The molecule has 10 heteroatoms. The number of nitrogens with zero attached hydrogens (tertiary/aromatic N) is 3. The van der Waals surface area contributed by atoms with Gasteiger partial charge in [-0.3, -0.25) is 16.2 Å². The minimum absolute atomic E-state index is 0.0386. The van der Waals surface area contributed by atoms with E-state index >= 15 is 0 Å². The number of nitrogens with one attached hydrogen (secondary N) is 3. The van der Waals surface area contributed by atoms with Crippen LogP contribution in [0.4, 0.5) is 0 Å². The van der Waals surface area contributed by atoms with E-state index in [2.05, 4.69) is 10.3 Å². The van der Waals surface area contributed by atoms with Gasteiger partial charge in [0.1, 0.15) is 18.0 Å². The summed E-state index contributed by atoms with van der Waals surface area (Å²) in [6.45, 7) is 1.19. The molecule has 1 heterocycles. The average molecular weight is 398 g/mol. The molecule has 2 aromatic rings. The van der Waals surface area contributed by atoms with Gasteiger partial charge in [0.2, 0.25) is 5.88 Å². The second-order valence-corrected chi connectivity index (χ2v) is 5.95. The molecular weight excluding hydrogens is 376 g/mol. The fraction of sp³-hybridized carbons (Fsp3) is 0.211. The summed E-state index contributed by atoms with van der Waals surface area (Å²) in [6.07, 6.45) is 4.59. The highest BCUT2D eigenvalue weighted by molar-refractivity contribution is 6.43. The van der Waals surface area contributed by atoms with Crippen molar-refractivity contribution in [3.05, 3.63) is 53.7 Å². The first-order valence-electron chi connectivity index (χ1n) is 8.62. The van der Waals surface area contributed by atoms with Gasteiger partial charge in [0.15, 0.2) is 11.3 Å². The molecule has 0 saturated carbocycles. The third-order valence-electron chi connectivity index (χ3n) is 3.73. The Hall–Kier alpha value is -3.79. The van der Waals surface area contributed by atoms with Crippen LogP contribution in [0, 0.1) is 16.2 Å². The van der Waals surface area contributed by atoms with Crippen molar-refractivity contribution in [2.24, 2.45) is 5.16 Å². The number of fused-ring (bicyclic) bond motifs is 1. The zero-order valence-electron chi connectivity index (χ0n) is 15.8. The quantitative estimate of drug-likeness (QED) is 0.131. The van der Waals surface area contributed by atoms with Crippen molar-refractivity contribution >= 4 is 28.0 Å². The van der Waals surface area contributed by atoms with Crippen LogP contribution in [-0.2, 0) is 0 Å². The standard InChI is InChI=1S/C19H22N6O4/c1-12(27)10-16(20)18(22)25-17(21)14-7-2-3-8-15(14)19(23-25)29-11-13(24-28)6-4-5-9-26/h2-4,6-8,10,20-22,26-28H,5,9,11H2,1H3/b6-4+,12-10-,20-16?,21-17?,22-18?,24-13+. The molecule has 29 heavy (non-hydrogen) atoms. The molecule has 0 unspecified atom stereocenters. The molecule has 0 fully saturated rings. The van der Waals surface area contributed by atoms with Gasteiger partial charge in [-0.05, 0) is 25.5 Å². The summed E-state index contributed by atoms with van der Waals surface area (Å²) in [4.78, 5) is 0. The van der Waals surface area contributed by atoms with Gasteiger partial charge in [0.25, 0.3) is 0 Å². The third kappa shape index (κ3) is 5.36. The van der Waals surface area contributed by atoms with Crippen molar-refractivity contribution in [3.63, 3.8) is 0 Å². The first kappa shape index (κ1) is 21.5. The van der Waals surface area contributed by atoms with Crippen molar-refractivity contribution in [1.29, 1.82) is 16.2 Å². The monoisotopic (exact) mass is 398 g/mol. The Kier molecular flexibility index (Phi) is 7.38. The van der Waals surface area contributed by atoms with E-state index in [0.29, 0.717) is 17.2 Å². The zero-order valence-corrected chi connectivity index (χ0v) is 15.8. The lowest BCUT2D eigenvalue weighted by atomic mass is 10.2. The average Bonchev–Trinajstić information content (AvgIpc) is 2.71. The molecule has 1 aromatic carbocycles. The Bertz CT molecular complexity index is 1060. The number of aromatic nitrogens is 2. The smallest absolute Gasteiger partial charge is 0.240 e. The van der Waals surface area contributed by atoms with Crippen LogP contribution in [0.5, 0.6) is 5.88 Å². The topological polar surface area (TPSA) is 172 Å². The maximum Gasteiger partial charge on any atom is 0.240 e. The Morgan fingerprint density at radius 3 is 2.59 bits per heavy atom. The fourth-order valence-corrected chi connectivity index (χ4v) is 2.39. The van der Waals surface area contributed by atoms with Crippen LogP contribution in [0.25, 0.3) is 10.8 Å². The molecule has 0 bridgehead atoms. The normalized spacial score (nSPS) is 12.5. The molecule has 0 aliphatic rings. The Labute approximate surface area is 166 Å². The number of hydrogen-bond donors (Lipinski definition) is 6. The largest absolute Gasteiger partial charge is 0.513 e. The van der Waals surface area contributed by atoms with E-state index in [-0.39, 0.29) is 41.8 Å². The third-order valence-corrected chi connectivity index (χ3v) is 3.73. The Balaban J connectivity index is 2.46. The molecule has 0 atom stereocenters. The van der Waals surface area contributed by atoms with Crippen molar-refractivity contribution < 1.29 is 20.2 Å². The summed E-state index contributed by atoms with van der Waals surface area (Å²) >= 11 is 0. The van der Waals surface area contributed by atoms with Gasteiger partial charge in [-0.1, -0.05) is 29.4 Å². The number of rotatable bonds is 8. The maximum absolute atomic E-state index is 9.34. The Morgan fingerprint density at radius 2 is 1.97 bits per heavy atom. The van der Waals surface area contributed by atoms with Gasteiger partial charge < -0.3 is 20.2 Å². The lowest BCUT2D eigenvalue weighted by Crippen LogP contribution is -2.34. The molecule has 0 amide bonds. The van der Waals surface area contributed by atoms with Crippen LogP contribution in [0.15, 0.2) is 53.4 Å². The lowest BCUT2D eigenvalue weighted by Gasteiger charge is -2.13. The number of benzene rings is 1. The van der Waals surface area contributed by atoms with Crippen LogP contribution < -0.4 is 10.2 Å². The van der Waals surface area contributed by atoms with E-state index in [9.17, 15) is 5.11 Å². The molecule has 0 saturated heterocycles. The SMILES string of the molecule is C/C(O)=C/C(=N)C(=N)n1nc(OCC(/C=C/CCO)=N/O)c2ccccc2c1=N. The fourth-order valence-electron chi connectivity index (χ4n) is 2.39. The molecule has 152 valence electrons. The van der Waals surface area contributed by atoms with Gasteiger partial charge in [-0.2, -0.15) is 4.68 Å². The van der Waals surface area contributed by atoms with Crippen LogP contribution in [0.3, 0.4) is 0 Å². The van der Waals surface area contributed by atoms with Crippen LogP contribution in [-0.4, -0.2) is 55.7 Å². The van der Waals surface area contributed by atoms with Gasteiger partial charge in [-0.15, -0.1) is 5.10 Å². The Morgan fingerprint density at radius 1 is 1.28 bits per heavy atom. The minimum atomic E-state index is -0.419. The molecule has 10 nitrogen and oxygen atoms in total. The summed E-state index contributed by atoms with van der Waals surface area (Å²) in [5.41, 5.74) is -0.264. The van der Waals surface area contributed by atoms with E-state index in [1.165, 1.54) is 13.0 Å². The minimum Gasteiger partial charge on any atom is -0.513 e. The van der Waals surface area contributed by atoms with Gasteiger partial charge in [-0.25, -0.2) is 0 Å². The summed E-state index contributed by atoms with van der Waals surface area (Å²) in [6, 6.07) is 6.83. The predicted molar refractivity (Wildman–Crippen MR) is 108 cm³/mol. The van der Waals surface area contributed by atoms with E-state index in [0.717, 1.165) is 10.8 Å². The lowest BCUT2D eigenvalue weighted by molar-refractivity contribution is 0.301. The van der Waals surface area contributed by atoms with E-state index in [4.69, 9.17) is 31.3 Å². The van der Waals surface area contributed by atoms with Crippen molar-refractivity contribution in [2.75, 3.05) is 13.2 Å². The number of ether oxygens (including phenoxy) is 1. The van der Waals surface area contributed by atoms with Crippen molar-refractivity contribution in [1.82, 2.24) is 9.78 Å². The summed E-state index contributed by atoms with van der Waals surface area (Å²) in [5, 5.41) is 59.9. The molecule has 0 spiro atoms. The van der Waals surface area contributed by atoms with E-state index in [1.807, 2.05) is 0 Å². The zero-order chi connectivity index (χ0) is 21.4. The molecular formula is C19H22N6O4. The number of aliphatic hydroxyl groups is 2. The van der Waals surface area contributed by atoms with Crippen LogP contribution >= 0.6 is 0 Å². The summed E-state index contributed by atoms with van der Waals surface area (Å²) in [7, 11) is 0. The predicted octanol–water partition coefficient (Wildman–Crippen LogP) is 1.97. The van der Waals surface area contributed by atoms with Crippen LogP contribution in [0.1, 0.15) is 13.3 Å². The highest BCUT2D eigenvalue weighted by Gasteiger charge is 2.15. The van der Waals surface area contributed by atoms with Gasteiger partial charge in [0.05, 0.1) is 5.76 Å². The second-order valence-electron chi connectivity index (χ2n) is 5.95. The van der Waals surface area contributed by atoms with Crippen molar-refractivity contribution in [3.8, 4) is 5.88 Å². The molecule has 0 radical (unpaired) electrons. The maximum atomic E-state index is 9.34. The molecule has 2 rings (SSSR count). The van der Waals surface area contributed by atoms with E-state index < -0.39 is 5.84 Å². The van der Waals surface area contributed by atoms with Crippen LogP contribution in [0.2, 0.25) is 0 Å². The molecule has 0 aliphatic heterocycles. The first-order chi connectivity index (χ1) is 13.9. The van der Waals surface area contributed by atoms with Gasteiger partial charge >= 0.3 is 0 Å². The van der Waals surface area contributed by atoms with Crippen molar-refractivity contribution in [2.45, 2.75) is 13.3 Å². The highest BCUT2D eigenvalue weighted by Crippen LogP contribution is 2.20. The molecule has 1 aromatic heterocycles. The van der Waals surface area contributed by atoms with E-state index in [1.54, 1.807) is 30.3 Å². The molecule has 0 aliphatic carbocycles. The number of hydrogen-bond acceptors (Lipinski definition) is 9. The summed E-state index contributed by atoms with van der Waals surface area (Å²) < 4.78 is 6.59. The van der Waals surface area contributed by atoms with Gasteiger partial charge in [0, 0.05) is 23.5 Å². The highest BCUT2D eigenvalue weighted by atomic mass is 16.5. The second kappa shape index (κ2) is 9.95.